The number of thiazole rings is 1. The van der Waals surface area contributed by atoms with Gasteiger partial charge < -0.3 is 0 Å². The molecule has 1 aliphatic heterocycles. The van der Waals surface area contributed by atoms with Crippen molar-refractivity contribution >= 4 is 37.7 Å². The Bertz CT molecular complexity index is 1000. The van der Waals surface area contributed by atoms with Crippen molar-refractivity contribution in [3.05, 3.63) is 70.6 Å². The molecule has 1 aliphatic rings. The molecule has 2 heterocycles. The third-order valence-corrected chi connectivity index (χ3v) is 7.21. The van der Waals surface area contributed by atoms with Crippen molar-refractivity contribution in [3.63, 3.8) is 0 Å². The molecule has 0 amide bonds. The fourth-order valence-electron chi connectivity index (χ4n) is 3.14. The predicted octanol–water partition coefficient (Wildman–Crippen LogP) is 3.41. The molecule has 0 radical (unpaired) electrons. The Morgan fingerprint density at radius 2 is 1.67 bits per heavy atom. The van der Waals surface area contributed by atoms with Crippen molar-refractivity contribution in [2.75, 3.05) is 26.2 Å². The van der Waals surface area contributed by atoms with Crippen molar-refractivity contribution in [2.45, 2.75) is 6.54 Å². The molecule has 0 saturated carbocycles. The normalized spacial score (nSPS) is 17.0. The molecule has 1 aromatic heterocycles. The number of sulfonamides is 1. The molecule has 2 aromatic carbocycles. The number of rotatable bonds is 5. The van der Waals surface area contributed by atoms with E-state index in [2.05, 4.69) is 16.0 Å². The van der Waals surface area contributed by atoms with Crippen LogP contribution in [-0.4, -0.2) is 48.8 Å². The summed E-state index contributed by atoms with van der Waals surface area (Å²) in [6.45, 7) is 3.22. The molecule has 0 atom stereocenters. The number of piperazine rings is 1. The van der Waals surface area contributed by atoms with Crippen LogP contribution in [0.4, 0.5) is 0 Å². The summed E-state index contributed by atoms with van der Waals surface area (Å²) in [5.74, 6) is 0. The molecule has 0 bridgehead atoms. The molecule has 3 aromatic rings. The van der Waals surface area contributed by atoms with Crippen LogP contribution in [0.3, 0.4) is 0 Å². The molecule has 4 rings (SSSR count). The first-order valence-corrected chi connectivity index (χ1v) is 11.2. The standard InChI is InChI=1S/C20H21N3O2S2/c24-27(25,15-10-17-6-2-1-3-7-17)23-13-11-22(12-14-23)16-20-21-18-8-4-5-9-19(18)26-20/h1-10,15H,11-14,16H2. The third kappa shape index (κ3) is 4.44. The molecule has 0 spiro atoms. The van der Waals surface area contributed by atoms with Gasteiger partial charge in [0.2, 0.25) is 10.0 Å². The lowest BCUT2D eigenvalue weighted by atomic mass is 10.2. The van der Waals surface area contributed by atoms with Gasteiger partial charge in [-0.25, -0.2) is 13.4 Å². The average molecular weight is 400 g/mol. The summed E-state index contributed by atoms with van der Waals surface area (Å²) in [4.78, 5) is 6.94. The minimum Gasteiger partial charge on any atom is -0.294 e. The number of nitrogens with zero attached hydrogens (tertiary/aromatic N) is 3. The van der Waals surface area contributed by atoms with Gasteiger partial charge in [0.05, 0.1) is 16.8 Å². The van der Waals surface area contributed by atoms with E-state index in [0.29, 0.717) is 26.2 Å². The van der Waals surface area contributed by atoms with Crippen molar-refractivity contribution < 1.29 is 8.42 Å². The Kier molecular flexibility index (Phi) is 5.36. The highest BCUT2D eigenvalue weighted by Gasteiger charge is 2.25. The minimum atomic E-state index is -3.39. The maximum atomic E-state index is 12.6. The van der Waals surface area contributed by atoms with Gasteiger partial charge in [-0.05, 0) is 23.8 Å². The van der Waals surface area contributed by atoms with Crippen LogP contribution < -0.4 is 0 Å². The maximum absolute atomic E-state index is 12.6. The summed E-state index contributed by atoms with van der Waals surface area (Å²) >= 11 is 1.71. The van der Waals surface area contributed by atoms with Crippen molar-refractivity contribution in [3.8, 4) is 0 Å². The second-order valence-electron chi connectivity index (χ2n) is 6.51. The molecule has 1 fully saturated rings. The molecule has 0 N–H and O–H groups in total. The summed E-state index contributed by atoms with van der Waals surface area (Å²) in [6.07, 6.45) is 1.66. The van der Waals surface area contributed by atoms with E-state index in [-0.39, 0.29) is 0 Å². The summed E-state index contributed by atoms with van der Waals surface area (Å²) in [5, 5.41) is 2.39. The topological polar surface area (TPSA) is 53.5 Å². The Labute approximate surface area is 163 Å². The third-order valence-electron chi connectivity index (χ3n) is 4.62. The van der Waals surface area contributed by atoms with Crippen LogP contribution in [0, 0.1) is 0 Å². The lowest BCUT2D eigenvalue weighted by molar-refractivity contribution is 0.182. The number of para-hydroxylation sites is 1. The fourth-order valence-corrected chi connectivity index (χ4v) is 5.32. The van der Waals surface area contributed by atoms with E-state index in [1.807, 2.05) is 48.5 Å². The predicted molar refractivity (Wildman–Crippen MR) is 111 cm³/mol. The molecular weight excluding hydrogens is 378 g/mol. The number of aromatic nitrogens is 1. The van der Waals surface area contributed by atoms with Gasteiger partial charge in [-0.3, -0.25) is 4.90 Å². The largest absolute Gasteiger partial charge is 0.294 e. The molecule has 5 nitrogen and oxygen atoms in total. The Balaban J connectivity index is 1.36. The van der Waals surface area contributed by atoms with Crippen LogP contribution in [0.2, 0.25) is 0 Å². The van der Waals surface area contributed by atoms with E-state index in [1.165, 1.54) is 10.1 Å². The highest BCUT2D eigenvalue weighted by molar-refractivity contribution is 7.92. The summed E-state index contributed by atoms with van der Waals surface area (Å²) in [7, 11) is -3.39. The Morgan fingerprint density at radius 1 is 0.963 bits per heavy atom. The van der Waals surface area contributed by atoms with Crippen LogP contribution in [0.5, 0.6) is 0 Å². The average Bonchev–Trinajstić information content (AvgIpc) is 3.10. The van der Waals surface area contributed by atoms with Crippen molar-refractivity contribution in [2.24, 2.45) is 0 Å². The SMILES string of the molecule is O=S(=O)(C=Cc1ccccc1)N1CCN(Cc2nc3ccccc3s2)CC1. The van der Waals surface area contributed by atoms with Gasteiger partial charge in [0.25, 0.3) is 0 Å². The van der Waals surface area contributed by atoms with E-state index in [4.69, 9.17) is 0 Å². The summed E-state index contributed by atoms with van der Waals surface area (Å²) < 4.78 is 27.9. The number of hydrogen-bond acceptors (Lipinski definition) is 5. The molecule has 0 unspecified atom stereocenters. The minimum absolute atomic E-state index is 0.506. The Morgan fingerprint density at radius 3 is 2.41 bits per heavy atom. The van der Waals surface area contributed by atoms with Gasteiger partial charge in [0.15, 0.2) is 0 Å². The van der Waals surface area contributed by atoms with E-state index in [9.17, 15) is 8.42 Å². The second kappa shape index (κ2) is 7.90. The lowest BCUT2D eigenvalue weighted by Crippen LogP contribution is -2.47. The van der Waals surface area contributed by atoms with E-state index in [1.54, 1.807) is 21.7 Å². The molecule has 7 heteroatoms. The molecule has 140 valence electrons. The fraction of sp³-hybridized carbons (Fsp3) is 0.250. The zero-order valence-corrected chi connectivity index (χ0v) is 16.5. The van der Waals surface area contributed by atoms with E-state index >= 15 is 0 Å². The van der Waals surface area contributed by atoms with Gasteiger partial charge in [0, 0.05) is 31.6 Å². The van der Waals surface area contributed by atoms with Gasteiger partial charge in [0.1, 0.15) is 5.01 Å². The quantitative estimate of drug-likeness (QED) is 0.660. The summed E-state index contributed by atoms with van der Waals surface area (Å²) in [5.41, 5.74) is 1.92. The van der Waals surface area contributed by atoms with E-state index < -0.39 is 10.0 Å². The zero-order valence-electron chi connectivity index (χ0n) is 14.9. The molecule has 27 heavy (non-hydrogen) atoms. The van der Waals surface area contributed by atoms with Crippen molar-refractivity contribution in [1.82, 2.24) is 14.2 Å². The van der Waals surface area contributed by atoms with Gasteiger partial charge in [-0.2, -0.15) is 4.31 Å². The number of benzene rings is 2. The van der Waals surface area contributed by atoms with Crippen LogP contribution in [0.25, 0.3) is 16.3 Å². The smallest absolute Gasteiger partial charge is 0.236 e. The first-order valence-electron chi connectivity index (χ1n) is 8.90. The number of hydrogen-bond donors (Lipinski definition) is 0. The van der Waals surface area contributed by atoms with Crippen LogP contribution >= 0.6 is 11.3 Å². The van der Waals surface area contributed by atoms with Crippen LogP contribution in [0.1, 0.15) is 10.6 Å². The molecular formula is C20H21N3O2S2. The van der Waals surface area contributed by atoms with Gasteiger partial charge >= 0.3 is 0 Å². The highest BCUT2D eigenvalue weighted by Crippen LogP contribution is 2.23. The van der Waals surface area contributed by atoms with Crippen molar-refractivity contribution in [1.29, 1.82) is 0 Å². The summed E-state index contributed by atoms with van der Waals surface area (Å²) in [6, 6.07) is 17.6. The van der Waals surface area contributed by atoms with E-state index in [0.717, 1.165) is 22.6 Å². The zero-order chi connectivity index (χ0) is 18.7. The van der Waals surface area contributed by atoms with Gasteiger partial charge in [-0.15, -0.1) is 11.3 Å². The molecule has 1 saturated heterocycles. The monoisotopic (exact) mass is 399 g/mol. The second-order valence-corrected chi connectivity index (χ2v) is 9.44. The maximum Gasteiger partial charge on any atom is 0.236 e. The lowest BCUT2D eigenvalue weighted by Gasteiger charge is -2.32. The number of fused-ring (bicyclic) bond motifs is 1. The van der Waals surface area contributed by atoms with Crippen LogP contribution in [-0.2, 0) is 16.6 Å². The first-order chi connectivity index (χ1) is 13.1. The Hall–Kier alpha value is -2.06. The van der Waals surface area contributed by atoms with Crippen LogP contribution in [0.15, 0.2) is 60.0 Å². The highest BCUT2D eigenvalue weighted by atomic mass is 32.2. The molecule has 0 aliphatic carbocycles. The first kappa shape index (κ1) is 18.3. The van der Waals surface area contributed by atoms with Gasteiger partial charge in [-0.1, -0.05) is 42.5 Å².